The molecular formula is C21H27N3O3S. The Kier molecular flexibility index (Phi) is 7.63. The zero-order chi connectivity index (χ0) is 20.7. The Hall–Kier alpha value is -2.80. The molecule has 0 aliphatic rings. The van der Waals surface area contributed by atoms with Crippen molar-refractivity contribution in [3.05, 3.63) is 48.2 Å². The number of nitrogens with one attached hydrogen (secondary N) is 1. The Labute approximate surface area is 168 Å². The summed E-state index contributed by atoms with van der Waals surface area (Å²) in [6.45, 7) is 4.58. The molecule has 7 heteroatoms. The topological polar surface area (TPSA) is 86.5 Å². The minimum Gasteiger partial charge on any atom is -0.493 e. The van der Waals surface area contributed by atoms with Gasteiger partial charge in [-0.1, -0.05) is 26.0 Å². The molecule has 6 nitrogen and oxygen atoms in total. The molecular weight excluding hydrogens is 374 g/mol. The summed E-state index contributed by atoms with van der Waals surface area (Å²) in [5.74, 6) is 1.23. The molecule has 0 aliphatic carbocycles. The van der Waals surface area contributed by atoms with Gasteiger partial charge in [0.2, 0.25) is 0 Å². The average molecular weight is 402 g/mol. The van der Waals surface area contributed by atoms with Crippen LogP contribution in [-0.2, 0) is 17.3 Å². The van der Waals surface area contributed by atoms with E-state index >= 15 is 0 Å². The van der Waals surface area contributed by atoms with Gasteiger partial charge in [0.1, 0.15) is 0 Å². The first kappa shape index (κ1) is 21.5. The molecule has 3 aromatic rings. The number of nitrogens with zero attached hydrogens (tertiary/aromatic N) is 1. The van der Waals surface area contributed by atoms with E-state index in [9.17, 15) is 4.21 Å². The Bertz CT molecular complexity index is 959. The predicted octanol–water partition coefficient (Wildman–Crippen LogP) is 4.21. The minimum atomic E-state index is -0.981. The number of hydrogen-bond donors (Lipinski definition) is 2. The van der Waals surface area contributed by atoms with Crippen LogP contribution in [0, 0.1) is 0 Å². The van der Waals surface area contributed by atoms with E-state index in [0.29, 0.717) is 23.7 Å². The van der Waals surface area contributed by atoms with E-state index in [-0.39, 0.29) is 0 Å². The molecule has 28 heavy (non-hydrogen) atoms. The SMILES string of the molecule is CC.COc1cc2ncc(N)c(NCc3ccc(S(C)=O)cc3)c2cc1OC. The number of nitrogens with two attached hydrogens (primary N) is 1. The van der Waals surface area contributed by atoms with E-state index in [0.717, 1.165) is 27.0 Å². The first-order valence-electron chi connectivity index (χ1n) is 9.00. The highest BCUT2D eigenvalue weighted by molar-refractivity contribution is 7.84. The fourth-order valence-corrected chi connectivity index (χ4v) is 3.24. The van der Waals surface area contributed by atoms with Crippen LogP contribution in [0.5, 0.6) is 11.5 Å². The fraction of sp³-hybridized carbons (Fsp3) is 0.286. The Morgan fingerprint density at radius 3 is 2.25 bits per heavy atom. The van der Waals surface area contributed by atoms with Gasteiger partial charge in [-0.05, 0) is 23.8 Å². The van der Waals surface area contributed by atoms with Crippen LogP contribution in [0.15, 0.2) is 47.5 Å². The van der Waals surface area contributed by atoms with Crippen molar-refractivity contribution in [2.45, 2.75) is 25.3 Å². The number of anilines is 2. The maximum Gasteiger partial charge on any atom is 0.162 e. The van der Waals surface area contributed by atoms with Crippen LogP contribution >= 0.6 is 0 Å². The third-order valence-corrected chi connectivity index (χ3v) is 5.06. The van der Waals surface area contributed by atoms with E-state index < -0.39 is 10.8 Å². The maximum absolute atomic E-state index is 11.5. The fourth-order valence-electron chi connectivity index (χ4n) is 2.72. The first-order valence-corrected chi connectivity index (χ1v) is 10.6. The lowest BCUT2D eigenvalue weighted by Gasteiger charge is -2.15. The van der Waals surface area contributed by atoms with Gasteiger partial charge >= 0.3 is 0 Å². The number of aromatic nitrogens is 1. The van der Waals surface area contributed by atoms with Crippen molar-refractivity contribution in [3.8, 4) is 11.5 Å². The second-order valence-electron chi connectivity index (χ2n) is 5.76. The molecule has 0 radical (unpaired) electrons. The van der Waals surface area contributed by atoms with Crippen LogP contribution in [0.3, 0.4) is 0 Å². The number of nitrogen functional groups attached to an aromatic ring is 1. The molecule has 1 aromatic heterocycles. The summed E-state index contributed by atoms with van der Waals surface area (Å²) in [5.41, 5.74) is 9.30. The van der Waals surface area contributed by atoms with Gasteiger partial charge in [0.25, 0.3) is 0 Å². The van der Waals surface area contributed by atoms with E-state index in [1.54, 1.807) is 26.7 Å². The third kappa shape index (κ3) is 4.72. The van der Waals surface area contributed by atoms with Crippen molar-refractivity contribution in [3.63, 3.8) is 0 Å². The molecule has 3 N–H and O–H groups in total. The highest BCUT2D eigenvalue weighted by atomic mass is 32.2. The monoisotopic (exact) mass is 401 g/mol. The summed E-state index contributed by atoms with van der Waals surface area (Å²) in [6.07, 6.45) is 3.29. The molecule has 0 bridgehead atoms. The summed E-state index contributed by atoms with van der Waals surface area (Å²) in [4.78, 5) is 5.18. The molecule has 0 fully saturated rings. The van der Waals surface area contributed by atoms with Crippen LogP contribution in [-0.4, -0.2) is 29.7 Å². The number of ether oxygens (including phenoxy) is 2. The average Bonchev–Trinajstić information content (AvgIpc) is 2.73. The van der Waals surface area contributed by atoms with Gasteiger partial charge in [-0.2, -0.15) is 0 Å². The smallest absolute Gasteiger partial charge is 0.162 e. The van der Waals surface area contributed by atoms with E-state index in [4.69, 9.17) is 15.2 Å². The van der Waals surface area contributed by atoms with Crippen LogP contribution < -0.4 is 20.5 Å². The lowest BCUT2D eigenvalue weighted by molar-refractivity contribution is 0.356. The summed E-state index contributed by atoms with van der Waals surface area (Å²) >= 11 is 0. The first-order chi connectivity index (χ1) is 13.5. The number of methoxy groups -OCH3 is 2. The van der Waals surface area contributed by atoms with Crippen LogP contribution in [0.4, 0.5) is 11.4 Å². The van der Waals surface area contributed by atoms with E-state index in [1.807, 2.05) is 50.2 Å². The number of hydrogen-bond acceptors (Lipinski definition) is 6. The van der Waals surface area contributed by atoms with Gasteiger partial charge in [-0.3, -0.25) is 9.19 Å². The molecule has 150 valence electrons. The highest BCUT2D eigenvalue weighted by Gasteiger charge is 2.12. The molecule has 0 aliphatic heterocycles. The molecule has 0 saturated carbocycles. The number of pyridine rings is 1. The van der Waals surface area contributed by atoms with Crippen molar-refractivity contribution in [1.82, 2.24) is 4.98 Å². The molecule has 1 atom stereocenters. The Morgan fingerprint density at radius 2 is 1.68 bits per heavy atom. The van der Waals surface area contributed by atoms with Crippen LogP contribution in [0.2, 0.25) is 0 Å². The summed E-state index contributed by atoms with van der Waals surface area (Å²) in [6, 6.07) is 11.3. The van der Waals surface area contributed by atoms with Crippen molar-refractivity contribution < 1.29 is 13.7 Å². The Morgan fingerprint density at radius 1 is 1.07 bits per heavy atom. The lowest BCUT2D eigenvalue weighted by atomic mass is 10.1. The van der Waals surface area contributed by atoms with Gasteiger partial charge in [-0.25, -0.2) is 0 Å². The van der Waals surface area contributed by atoms with E-state index in [1.165, 1.54) is 0 Å². The normalized spacial score (nSPS) is 11.3. The molecule has 0 saturated heterocycles. The minimum absolute atomic E-state index is 0.552. The highest BCUT2D eigenvalue weighted by Crippen LogP contribution is 2.36. The zero-order valence-electron chi connectivity index (χ0n) is 16.9. The molecule has 3 rings (SSSR count). The van der Waals surface area contributed by atoms with Gasteiger partial charge in [-0.15, -0.1) is 0 Å². The molecule has 0 spiro atoms. The maximum atomic E-state index is 11.5. The van der Waals surface area contributed by atoms with Gasteiger partial charge < -0.3 is 20.5 Å². The predicted molar refractivity (Wildman–Crippen MR) is 117 cm³/mol. The van der Waals surface area contributed by atoms with Crippen LogP contribution in [0.25, 0.3) is 10.9 Å². The van der Waals surface area contributed by atoms with Crippen molar-refractivity contribution in [2.75, 3.05) is 31.5 Å². The number of rotatable bonds is 6. The number of fused-ring (bicyclic) bond motifs is 1. The zero-order valence-corrected chi connectivity index (χ0v) is 17.7. The second kappa shape index (κ2) is 9.94. The Balaban J connectivity index is 0.00000136. The molecule has 1 heterocycles. The van der Waals surface area contributed by atoms with Gasteiger partial charge in [0, 0.05) is 39.9 Å². The summed E-state index contributed by atoms with van der Waals surface area (Å²) in [5, 5.41) is 4.23. The van der Waals surface area contributed by atoms with Crippen molar-refractivity contribution >= 4 is 33.1 Å². The standard InChI is InChI=1S/C19H21N3O3S.C2H6/c1-24-17-8-14-16(9-18(17)25-2)21-11-15(20)19(14)22-10-12-4-6-13(7-5-12)26(3)23;1-2/h4-9,11H,10,20H2,1-3H3,(H,21,22);1-2H3. The van der Waals surface area contributed by atoms with Crippen LogP contribution in [0.1, 0.15) is 19.4 Å². The van der Waals surface area contributed by atoms with E-state index in [2.05, 4.69) is 10.3 Å². The van der Waals surface area contributed by atoms with Gasteiger partial charge in [0.15, 0.2) is 11.5 Å². The molecule has 0 amide bonds. The van der Waals surface area contributed by atoms with Crippen molar-refractivity contribution in [1.29, 1.82) is 0 Å². The molecule has 1 unspecified atom stereocenters. The summed E-state index contributed by atoms with van der Waals surface area (Å²) in [7, 11) is 2.20. The molecule has 2 aromatic carbocycles. The lowest BCUT2D eigenvalue weighted by Crippen LogP contribution is -2.04. The largest absolute Gasteiger partial charge is 0.493 e. The second-order valence-corrected chi connectivity index (χ2v) is 7.14. The quantitative estimate of drug-likeness (QED) is 0.643. The van der Waals surface area contributed by atoms with Crippen molar-refractivity contribution in [2.24, 2.45) is 0 Å². The summed E-state index contributed by atoms with van der Waals surface area (Å²) < 4.78 is 22.2. The van der Waals surface area contributed by atoms with Gasteiger partial charge in [0.05, 0.1) is 37.3 Å². The third-order valence-electron chi connectivity index (χ3n) is 4.13. The number of benzene rings is 2.